The topological polar surface area (TPSA) is 70.2 Å². The van der Waals surface area contributed by atoms with Gasteiger partial charge in [-0.15, -0.1) is 0 Å². The van der Waals surface area contributed by atoms with Crippen molar-refractivity contribution in [3.8, 4) is 0 Å². The second-order valence-electron chi connectivity index (χ2n) is 5.45. The summed E-state index contributed by atoms with van der Waals surface area (Å²) < 4.78 is 0. The number of rotatable bonds is 3. The van der Waals surface area contributed by atoms with Gasteiger partial charge in [0.25, 0.3) is 0 Å². The minimum Gasteiger partial charge on any atom is -0.372 e. The fourth-order valence-electron chi connectivity index (χ4n) is 2.40. The van der Waals surface area contributed by atoms with E-state index in [1.54, 1.807) is 12.1 Å². The van der Waals surface area contributed by atoms with Crippen LogP contribution in [0.3, 0.4) is 0 Å². The highest BCUT2D eigenvalue weighted by molar-refractivity contribution is 6.31. The van der Waals surface area contributed by atoms with E-state index in [0.29, 0.717) is 10.7 Å². The molecular formula is C17H16ClN3O2. The van der Waals surface area contributed by atoms with Gasteiger partial charge in [-0.2, -0.15) is 0 Å². The Morgan fingerprint density at radius 1 is 1.22 bits per heavy atom. The molecule has 2 aromatic carbocycles. The van der Waals surface area contributed by atoms with Crippen LogP contribution in [-0.2, 0) is 9.59 Å². The number of amides is 2. The molecule has 0 radical (unpaired) electrons. The number of aryl methyl sites for hydroxylation is 1. The third kappa shape index (κ3) is 3.46. The lowest BCUT2D eigenvalue weighted by atomic mass is 10.1. The first-order valence-electron chi connectivity index (χ1n) is 7.25. The highest BCUT2D eigenvalue weighted by atomic mass is 35.5. The fraction of sp³-hybridized carbons (Fsp3) is 0.176. The second-order valence-corrected chi connectivity index (χ2v) is 5.86. The molecular weight excluding hydrogens is 314 g/mol. The number of nitrogens with one attached hydrogen (secondary N) is 3. The van der Waals surface area contributed by atoms with Crippen LogP contribution in [-0.4, -0.2) is 17.9 Å². The van der Waals surface area contributed by atoms with E-state index in [1.165, 1.54) is 0 Å². The molecule has 0 aliphatic carbocycles. The molecule has 23 heavy (non-hydrogen) atoms. The summed E-state index contributed by atoms with van der Waals surface area (Å²) in [6.45, 7) is 1.89. The largest absolute Gasteiger partial charge is 0.372 e. The lowest BCUT2D eigenvalue weighted by molar-refractivity contribution is -0.122. The van der Waals surface area contributed by atoms with Crippen molar-refractivity contribution in [2.75, 3.05) is 16.0 Å². The van der Waals surface area contributed by atoms with Crippen LogP contribution in [0.15, 0.2) is 42.5 Å². The Labute approximate surface area is 139 Å². The first-order valence-corrected chi connectivity index (χ1v) is 7.63. The quantitative estimate of drug-likeness (QED) is 0.808. The van der Waals surface area contributed by atoms with E-state index in [1.807, 2.05) is 37.3 Å². The first-order chi connectivity index (χ1) is 11.0. The number of hydrogen-bond acceptors (Lipinski definition) is 3. The number of anilines is 3. The molecule has 1 atom stereocenters. The molecule has 118 valence electrons. The van der Waals surface area contributed by atoms with Crippen LogP contribution in [0.5, 0.6) is 0 Å². The summed E-state index contributed by atoms with van der Waals surface area (Å²) in [6, 6.07) is 12.1. The smallest absolute Gasteiger partial charge is 0.247 e. The third-order valence-corrected chi connectivity index (χ3v) is 4.08. The molecule has 0 saturated carbocycles. The summed E-state index contributed by atoms with van der Waals surface area (Å²) in [7, 11) is 0. The second kappa shape index (κ2) is 6.30. The first kappa shape index (κ1) is 15.4. The van der Waals surface area contributed by atoms with Gasteiger partial charge in [-0.05, 0) is 36.8 Å². The zero-order chi connectivity index (χ0) is 16.4. The normalized spacial score (nSPS) is 16.1. The van der Waals surface area contributed by atoms with E-state index in [0.717, 1.165) is 16.9 Å². The van der Waals surface area contributed by atoms with Gasteiger partial charge in [-0.25, -0.2) is 0 Å². The van der Waals surface area contributed by atoms with Crippen LogP contribution in [0.1, 0.15) is 12.0 Å². The van der Waals surface area contributed by atoms with Gasteiger partial charge in [-0.1, -0.05) is 29.8 Å². The molecule has 0 spiro atoms. The van der Waals surface area contributed by atoms with Gasteiger partial charge in [0.05, 0.1) is 17.8 Å². The van der Waals surface area contributed by atoms with Crippen molar-refractivity contribution in [1.82, 2.24) is 0 Å². The van der Waals surface area contributed by atoms with Gasteiger partial charge in [0.1, 0.15) is 6.04 Å². The number of fused-ring (bicyclic) bond motifs is 1. The molecule has 2 aromatic rings. The molecule has 3 N–H and O–H groups in total. The summed E-state index contributed by atoms with van der Waals surface area (Å²) in [6.07, 6.45) is 0.0334. The minimum atomic E-state index is -0.606. The number of benzene rings is 2. The van der Waals surface area contributed by atoms with Gasteiger partial charge in [0.2, 0.25) is 11.8 Å². The van der Waals surface area contributed by atoms with E-state index in [2.05, 4.69) is 16.0 Å². The SMILES string of the molecule is Cc1ccc(NC(=O)C[C@@H]2Nc3ccccc3NC2=O)cc1Cl. The number of hydrogen-bond donors (Lipinski definition) is 3. The molecule has 1 aliphatic heterocycles. The highest BCUT2D eigenvalue weighted by Gasteiger charge is 2.27. The third-order valence-electron chi connectivity index (χ3n) is 3.68. The zero-order valence-electron chi connectivity index (χ0n) is 12.5. The average molecular weight is 330 g/mol. The Balaban J connectivity index is 1.66. The monoisotopic (exact) mass is 329 g/mol. The summed E-state index contributed by atoms with van der Waals surface area (Å²) in [5, 5.41) is 9.22. The van der Waals surface area contributed by atoms with Crippen molar-refractivity contribution < 1.29 is 9.59 Å². The van der Waals surface area contributed by atoms with Crippen molar-refractivity contribution in [2.45, 2.75) is 19.4 Å². The molecule has 6 heteroatoms. The molecule has 3 rings (SSSR count). The Hall–Kier alpha value is -2.53. The van der Waals surface area contributed by atoms with E-state index in [-0.39, 0.29) is 18.2 Å². The van der Waals surface area contributed by atoms with Gasteiger partial charge in [-0.3, -0.25) is 9.59 Å². The Kier molecular flexibility index (Phi) is 4.21. The van der Waals surface area contributed by atoms with Crippen molar-refractivity contribution in [2.24, 2.45) is 0 Å². The van der Waals surface area contributed by atoms with Crippen LogP contribution in [0.4, 0.5) is 17.1 Å². The van der Waals surface area contributed by atoms with Crippen molar-refractivity contribution in [3.05, 3.63) is 53.1 Å². The molecule has 0 aromatic heterocycles. The molecule has 0 unspecified atom stereocenters. The van der Waals surface area contributed by atoms with E-state index in [4.69, 9.17) is 11.6 Å². The van der Waals surface area contributed by atoms with Crippen LogP contribution in [0.2, 0.25) is 5.02 Å². The van der Waals surface area contributed by atoms with E-state index < -0.39 is 6.04 Å². The summed E-state index contributed by atoms with van der Waals surface area (Å²) in [5.74, 6) is -0.474. The molecule has 0 fully saturated rings. The van der Waals surface area contributed by atoms with Crippen LogP contribution in [0, 0.1) is 6.92 Å². The maximum absolute atomic E-state index is 12.2. The van der Waals surface area contributed by atoms with E-state index in [9.17, 15) is 9.59 Å². The van der Waals surface area contributed by atoms with Crippen LogP contribution >= 0.6 is 11.6 Å². The molecule has 1 aliphatic rings. The summed E-state index contributed by atoms with van der Waals surface area (Å²) in [5.41, 5.74) is 3.08. The average Bonchev–Trinajstić information content (AvgIpc) is 2.51. The number of carbonyl (C=O) groups is 2. The maximum Gasteiger partial charge on any atom is 0.247 e. The molecule has 5 nitrogen and oxygen atoms in total. The van der Waals surface area contributed by atoms with Crippen LogP contribution < -0.4 is 16.0 Å². The standard InChI is InChI=1S/C17H16ClN3O2/c1-10-6-7-11(8-12(10)18)19-16(22)9-15-17(23)21-14-5-3-2-4-13(14)20-15/h2-8,15,20H,9H2,1H3,(H,19,22)(H,21,23)/t15-/m0/s1. The predicted molar refractivity (Wildman–Crippen MR) is 91.9 cm³/mol. The number of carbonyl (C=O) groups excluding carboxylic acids is 2. The molecule has 0 saturated heterocycles. The van der Waals surface area contributed by atoms with Crippen LogP contribution in [0.25, 0.3) is 0 Å². The molecule has 0 bridgehead atoms. The molecule has 2 amide bonds. The predicted octanol–water partition coefficient (Wildman–Crippen LogP) is 3.41. The summed E-state index contributed by atoms with van der Waals surface area (Å²) in [4.78, 5) is 24.2. The fourth-order valence-corrected chi connectivity index (χ4v) is 2.58. The Morgan fingerprint density at radius 2 is 1.96 bits per heavy atom. The maximum atomic E-state index is 12.2. The Bertz CT molecular complexity index is 776. The lowest BCUT2D eigenvalue weighted by Crippen LogP contribution is -2.41. The van der Waals surface area contributed by atoms with Crippen molar-refractivity contribution in [1.29, 1.82) is 0 Å². The van der Waals surface area contributed by atoms with E-state index >= 15 is 0 Å². The Morgan fingerprint density at radius 3 is 2.70 bits per heavy atom. The van der Waals surface area contributed by atoms with Gasteiger partial charge < -0.3 is 16.0 Å². The highest BCUT2D eigenvalue weighted by Crippen LogP contribution is 2.27. The number of halogens is 1. The summed E-state index contributed by atoms with van der Waals surface area (Å²) >= 11 is 6.04. The van der Waals surface area contributed by atoms with Gasteiger partial charge in [0, 0.05) is 10.7 Å². The zero-order valence-corrected chi connectivity index (χ0v) is 13.3. The van der Waals surface area contributed by atoms with Gasteiger partial charge in [0.15, 0.2) is 0 Å². The van der Waals surface area contributed by atoms with Crippen molar-refractivity contribution in [3.63, 3.8) is 0 Å². The minimum absolute atomic E-state index is 0.0334. The molecule has 1 heterocycles. The number of para-hydroxylation sites is 2. The van der Waals surface area contributed by atoms with Gasteiger partial charge >= 0.3 is 0 Å². The van der Waals surface area contributed by atoms with Crippen molar-refractivity contribution >= 4 is 40.5 Å². The lowest BCUT2D eigenvalue weighted by Gasteiger charge is -2.26.